The number of hydrogen-bond acceptors (Lipinski definition) is 3. The third kappa shape index (κ3) is 3.27. The molecule has 23 heavy (non-hydrogen) atoms. The number of nitrogens with zero attached hydrogens (tertiary/aromatic N) is 2. The van der Waals surface area contributed by atoms with E-state index < -0.39 is 0 Å². The van der Waals surface area contributed by atoms with E-state index in [4.69, 9.17) is 0 Å². The molecule has 1 fully saturated rings. The topological polar surface area (TPSA) is 59.0 Å². The summed E-state index contributed by atoms with van der Waals surface area (Å²) in [5.74, 6) is -0.512. The zero-order valence-corrected chi connectivity index (χ0v) is 13.3. The van der Waals surface area contributed by atoms with Crippen LogP contribution in [-0.2, 0) is 0 Å². The third-order valence-electron chi connectivity index (χ3n) is 4.29. The van der Waals surface area contributed by atoms with Crippen molar-refractivity contribution in [1.29, 1.82) is 0 Å². The molecule has 0 bridgehead atoms. The second kappa shape index (κ2) is 6.50. The fraction of sp³-hybridized carbons (Fsp3) is 0.412. The SMILES string of the molecule is Cc1c(C(=O)NC2CCNC(C)C2)cnn1-c1ccccc1F. The zero-order chi connectivity index (χ0) is 16.4. The number of carbonyl (C=O) groups excluding carboxylic acids is 1. The Labute approximate surface area is 134 Å². The lowest BCUT2D eigenvalue weighted by Crippen LogP contribution is -2.46. The van der Waals surface area contributed by atoms with Gasteiger partial charge in [0.2, 0.25) is 0 Å². The predicted molar refractivity (Wildman–Crippen MR) is 86.2 cm³/mol. The van der Waals surface area contributed by atoms with Gasteiger partial charge in [-0.15, -0.1) is 0 Å². The molecule has 1 saturated heterocycles. The third-order valence-corrected chi connectivity index (χ3v) is 4.29. The van der Waals surface area contributed by atoms with Gasteiger partial charge in [-0.05, 0) is 45.4 Å². The minimum Gasteiger partial charge on any atom is -0.349 e. The summed E-state index contributed by atoms with van der Waals surface area (Å²) in [4.78, 5) is 12.5. The Balaban J connectivity index is 1.79. The van der Waals surface area contributed by atoms with Gasteiger partial charge < -0.3 is 10.6 Å². The van der Waals surface area contributed by atoms with Crippen molar-refractivity contribution in [3.05, 3.63) is 47.5 Å². The molecule has 2 unspecified atom stereocenters. The number of hydrogen-bond donors (Lipinski definition) is 2. The van der Waals surface area contributed by atoms with Crippen molar-refractivity contribution in [2.45, 2.75) is 38.8 Å². The van der Waals surface area contributed by atoms with Crippen molar-refractivity contribution in [1.82, 2.24) is 20.4 Å². The van der Waals surface area contributed by atoms with Gasteiger partial charge in [0.1, 0.15) is 11.5 Å². The number of halogens is 1. The molecule has 0 radical (unpaired) electrons. The first-order valence-electron chi connectivity index (χ1n) is 7.90. The number of amides is 1. The molecule has 122 valence electrons. The molecule has 2 aromatic rings. The van der Waals surface area contributed by atoms with Crippen LogP contribution in [0, 0.1) is 12.7 Å². The van der Waals surface area contributed by atoms with Gasteiger partial charge >= 0.3 is 0 Å². The summed E-state index contributed by atoms with van der Waals surface area (Å²) >= 11 is 0. The summed E-state index contributed by atoms with van der Waals surface area (Å²) in [6.07, 6.45) is 3.32. The fourth-order valence-electron chi connectivity index (χ4n) is 3.03. The molecule has 1 aromatic heterocycles. The summed E-state index contributed by atoms with van der Waals surface area (Å²) in [5, 5.41) is 10.6. The Hall–Kier alpha value is -2.21. The van der Waals surface area contributed by atoms with Gasteiger partial charge in [-0.2, -0.15) is 5.10 Å². The maximum Gasteiger partial charge on any atom is 0.254 e. The van der Waals surface area contributed by atoms with Gasteiger partial charge in [0, 0.05) is 12.1 Å². The van der Waals surface area contributed by atoms with Gasteiger partial charge in [0.15, 0.2) is 0 Å². The molecule has 2 atom stereocenters. The maximum atomic E-state index is 13.9. The monoisotopic (exact) mass is 316 g/mol. The van der Waals surface area contributed by atoms with E-state index in [1.54, 1.807) is 25.1 Å². The lowest BCUT2D eigenvalue weighted by molar-refractivity contribution is 0.0925. The highest BCUT2D eigenvalue weighted by atomic mass is 19.1. The number of rotatable bonds is 3. The molecule has 1 amide bonds. The van der Waals surface area contributed by atoms with Gasteiger partial charge in [-0.1, -0.05) is 12.1 Å². The van der Waals surface area contributed by atoms with Crippen molar-refractivity contribution < 1.29 is 9.18 Å². The number of piperidine rings is 1. The molecule has 0 spiro atoms. The highest BCUT2D eigenvalue weighted by molar-refractivity contribution is 5.95. The standard InChI is InChI=1S/C17H21FN4O/c1-11-9-13(7-8-19-11)21-17(23)14-10-20-22(12(14)2)16-6-4-3-5-15(16)18/h3-6,10-11,13,19H,7-9H2,1-2H3,(H,21,23). The van der Waals surface area contributed by atoms with Crippen LogP contribution in [-0.4, -0.2) is 34.3 Å². The van der Waals surface area contributed by atoms with E-state index in [1.165, 1.54) is 16.9 Å². The number of para-hydroxylation sites is 1. The fourth-order valence-corrected chi connectivity index (χ4v) is 3.03. The Morgan fingerprint density at radius 3 is 2.96 bits per heavy atom. The van der Waals surface area contributed by atoms with Gasteiger partial charge in [0.25, 0.3) is 5.91 Å². The maximum absolute atomic E-state index is 13.9. The van der Waals surface area contributed by atoms with Crippen LogP contribution < -0.4 is 10.6 Å². The van der Waals surface area contributed by atoms with Crippen molar-refractivity contribution in [3.8, 4) is 5.69 Å². The average molecular weight is 316 g/mol. The van der Waals surface area contributed by atoms with E-state index in [-0.39, 0.29) is 17.8 Å². The first-order chi connectivity index (χ1) is 11.1. The van der Waals surface area contributed by atoms with E-state index in [9.17, 15) is 9.18 Å². The largest absolute Gasteiger partial charge is 0.349 e. The first kappa shape index (κ1) is 15.7. The predicted octanol–water partition coefficient (Wildman–Crippen LogP) is 2.19. The Morgan fingerprint density at radius 2 is 2.22 bits per heavy atom. The smallest absolute Gasteiger partial charge is 0.254 e. The number of nitrogens with one attached hydrogen (secondary N) is 2. The van der Waals surface area contributed by atoms with Crippen molar-refractivity contribution in [3.63, 3.8) is 0 Å². The van der Waals surface area contributed by atoms with Crippen LogP contribution in [0.4, 0.5) is 4.39 Å². The van der Waals surface area contributed by atoms with Gasteiger partial charge in [-0.3, -0.25) is 4.79 Å². The van der Waals surface area contributed by atoms with E-state index in [2.05, 4.69) is 22.7 Å². The summed E-state index contributed by atoms with van der Waals surface area (Å²) < 4.78 is 15.4. The van der Waals surface area contributed by atoms with Crippen LogP contribution in [0.25, 0.3) is 5.69 Å². The average Bonchev–Trinajstić information content (AvgIpc) is 2.89. The highest BCUT2D eigenvalue weighted by Crippen LogP contribution is 2.17. The van der Waals surface area contributed by atoms with E-state index in [0.29, 0.717) is 23.0 Å². The van der Waals surface area contributed by atoms with Crippen molar-refractivity contribution in [2.75, 3.05) is 6.54 Å². The number of benzene rings is 1. The highest BCUT2D eigenvalue weighted by Gasteiger charge is 2.23. The Bertz CT molecular complexity index is 712. The van der Waals surface area contributed by atoms with Crippen LogP contribution in [0.1, 0.15) is 35.8 Å². The lowest BCUT2D eigenvalue weighted by atomic mass is 10.0. The minimum atomic E-state index is -0.363. The van der Waals surface area contributed by atoms with Crippen LogP contribution in [0.2, 0.25) is 0 Å². The molecular formula is C17H21FN4O. The number of carbonyl (C=O) groups is 1. The Kier molecular flexibility index (Phi) is 4.43. The normalized spacial score (nSPS) is 21.2. The molecule has 2 heterocycles. The molecule has 6 heteroatoms. The molecule has 1 aliphatic rings. The Morgan fingerprint density at radius 1 is 1.43 bits per heavy atom. The molecule has 1 aromatic carbocycles. The lowest BCUT2D eigenvalue weighted by Gasteiger charge is -2.28. The second-order valence-corrected chi connectivity index (χ2v) is 6.06. The molecule has 1 aliphatic heterocycles. The van der Waals surface area contributed by atoms with Gasteiger partial charge in [-0.25, -0.2) is 9.07 Å². The second-order valence-electron chi connectivity index (χ2n) is 6.06. The summed E-state index contributed by atoms with van der Waals surface area (Å²) in [6.45, 7) is 4.79. The molecule has 5 nitrogen and oxygen atoms in total. The quantitative estimate of drug-likeness (QED) is 0.912. The first-order valence-corrected chi connectivity index (χ1v) is 7.90. The summed E-state index contributed by atoms with van der Waals surface area (Å²) in [6, 6.07) is 6.96. The molecule has 3 rings (SSSR count). The van der Waals surface area contributed by atoms with Crippen LogP contribution >= 0.6 is 0 Å². The van der Waals surface area contributed by atoms with Crippen LogP contribution in [0.3, 0.4) is 0 Å². The van der Waals surface area contributed by atoms with Crippen molar-refractivity contribution in [2.24, 2.45) is 0 Å². The van der Waals surface area contributed by atoms with E-state index in [0.717, 1.165) is 19.4 Å². The minimum absolute atomic E-state index is 0.149. The van der Waals surface area contributed by atoms with E-state index >= 15 is 0 Å². The summed E-state index contributed by atoms with van der Waals surface area (Å²) in [7, 11) is 0. The van der Waals surface area contributed by atoms with Gasteiger partial charge in [0.05, 0.1) is 17.5 Å². The molecule has 2 N–H and O–H groups in total. The zero-order valence-electron chi connectivity index (χ0n) is 13.3. The van der Waals surface area contributed by atoms with Crippen LogP contribution in [0.5, 0.6) is 0 Å². The molecule has 0 saturated carbocycles. The van der Waals surface area contributed by atoms with Crippen LogP contribution in [0.15, 0.2) is 30.5 Å². The summed E-state index contributed by atoms with van der Waals surface area (Å²) in [5.41, 5.74) is 1.47. The number of aromatic nitrogens is 2. The van der Waals surface area contributed by atoms with Crippen molar-refractivity contribution >= 4 is 5.91 Å². The van der Waals surface area contributed by atoms with E-state index in [1.807, 2.05) is 0 Å². The molecular weight excluding hydrogens is 295 g/mol. The molecule has 0 aliphatic carbocycles.